The Morgan fingerprint density at radius 2 is 1.00 bits per heavy atom. The topological polar surface area (TPSA) is 112 Å². The lowest BCUT2D eigenvalue weighted by molar-refractivity contribution is 0.261. The van der Waals surface area contributed by atoms with Crippen LogP contribution in [-0.2, 0) is 12.8 Å². The monoisotopic (exact) mass is 822 g/mol. The maximum atomic E-state index is 13.3. The summed E-state index contributed by atoms with van der Waals surface area (Å²) in [4.78, 5) is 18.4. The highest BCUT2D eigenvalue weighted by Crippen LogP contribution is 2.27. The molecule has 16 heteroatoms. The van der Waals surface area contributed by atoms with Crippen molar-refractivity contribution in [1.82, 2.24) is 28.5 Å². The molecule has 0 spiro atoms. The molecule has 10 nitrogen and oxygen atoms in total. The molecule has 0 N–H and O–H groups in total. The summed E-state index contributed by atoms with van der Waals surface area (Å²) < 4.78 is 61.6. The third-order valence-corrected chi connectivity index (χ3v) is 11.6. The van der Waals surface area contributed by atoms with E-state index in [0.29, 0.717) is 35.6 Å². The van der Waals surface area contributed by atoms with Gasteiger partial charge in [0.05, 0.1) is 23.3 Å². The highest BCUT2D eigenvalue weighted by atomic mass is 32.1. The lowest BCUT2D eigenvalue weighted by atomic mass is 10.1. The van der Waals surface area contributed by atoms with Crippen molar-refractivity contribution < 1.29 is 17.6 Å². The molecular formula is C42H38F4N10S2. The molecule has 0 amide bonds. The molecule has 8 rings (SSSR count). The number of benzene rings is 4. The molecule has 0 radical (unpaired) electrons. The number of rotatable bonds is 10. The summed E-state index contributed by atoms with van der Waals surface area (Å²) in [6.45, 7) is 8.51. The van der Waals surface area contributed by atoms with Crippen molar-refractivity contribution in [3.05, 3.63) is 130 Å². The molecule has 2 aliphatic heterocycles. The smallest absolute Gasteiger partial charge is 0.205 e. The number of aromatic nitrogens is 4. The fourth-order valence-corrected chi connectivity index (χ4v) is 8.11. The molecule has 296 valence electrons. The fraction of sp³-hybridized carbons (Fsp3) is 0.286. The summed E-state index contributed by atoms with van der Waals surface area (Å²) in [6, 6.07) is 27.0. The summed E-state index contributed by atoms with van der Waals surface area (Å²) in [5.74, 6) is -1.88. The van der Waals surface area contributed by atoms with E-state index in [1.165, 1.54) is 47.3 Å². The Balaban J connectivity index is 0.000000177. The van der Waals surface area contributed by atoms with Gasteiger partial charge in [0, 0.05) is 99.6 Å². The first-order chi connectivity index (χ1) is 28.2. The fourth-order valence-electron chi connectivity index (χ4n) is 6.63. The van der Waals surface area contributed by atoms with Crippen molar-refractivity contribution in [1.29, 1.82) is 10.5 Å². The van der Waals surface area contributed by atoms with Crippen LogP contribution in [0.25, 0.3) is 22.8 Å². The predicted molar refractivity (Wildman–Crippen MR) is 218 cm³/mol. The highest BCUT2D eigenvalue weighted by Gasteiger charge is 2.22. The number of piperazine rings is 2. The van der Waals surface area contributed by atoms with Gasteiger partial charge in [-0.15, -0.1) is 0 Å². The average molecular weight is 823 g/mol. The van der Waals surface area contributed by atoms with Gasteiger partial charge in [0.1, 0.15) is 0 Å². The summed E-state index contributed by atoms with van der Waals surface area (Å²) >= 11 is 2.74. The third kappa shape index (κ3) is 10.4. The van der Waals surface area contributed by atoms with Gasteiger partial charge >= 0.3 is 0 Å². The van der Waals surface area contributed by atoms with Crippen molar-refractivity contribution in [3.63, 3.8) is 0 Å². The van der Waals surface area contributed by atoms with E-state index in [4.69, 9.17) is 10.5 Å². The minimum Gasteiger partial charge on any atom is -0.344 e. The van der Waals surface area contributed by atoms with E-state index in [-0.39, 0.29) is 0 Å². The van der Waals surface area contributed by atoms with Crippen LogP contribution in [0.1, 0.15) is 22.3 Å². The lowest BCUT2D eigenvalue weighted by Gasteiger charge is -2.34. The first kappa shape index (κ1) is 40.4. The summed E-state index contributed by atoms with van der Waals surface area (Å²) in [7, 11) is 0. The first-order valence-corrected chi connectivity index (χ1v) is 20.3. The molecule has 0 unspecified atom stereocenters. The molecular weight excluding hydrogens is 785 g/mol. The van der Waals surface area contributed by atoms with Crippen LogP contribution in [0.3, 0.4) is 0 Å². The molecule has 0 aliphatic carbocycles. The van der Waals surface area contributed by atoms with E-state index in [0.717, 1.165) is 98.0 Å². The third-order valence-electron chi connectivity index (χ3n) is 10.0. The Morgan fingerprint density at radius 1 is 0.517 bits per heavy atom. The highest BCUT2D eigenvalue weighted by molar-refractivity contribution is 7.10. The molecule has 2 aromatic heterocycles. The van der Waals surface area contributed by atoms with Crippen LogP contribution in [-0.4, -0.2) is 94.0 Å². The van der Waals surface area contributed by atoms with Crippen LogP contribution in [0.4, 0.5) is 27.8 Å². The molecule has 0 atom stereocenters. The van der Waals surface area contributed by atoms with Gasteiger partial charge in [0.15, 0.2) is 34.9 Å². The largest absolute Gasteiger partial charge is 0.344 e. The van der Waals surface area contributed by atoms with Gasteiger partial charge < -0.3 is 9.80 Å². The minimum absolute atomic E-state index is 0.591. The first-order valence-electron chi connectivity index (χ1n) is 18.8. The second-order valence-electron chi connectivity index (χ2n) is 13.8. The molecule has 2 aliphatic rings. The zero-order valence-electron chi connectivity index (χ0n) is 31.4. The second-order valence-corrected chi connectivity index (χ2v) is 15.3. The van der Waals surface area contributed by atoms with Crippen molar-refractivity contribution in [2.24, 2.45) is 0 Å². The number of nitriles is 2. The van der Waals surface area contributed by atoms with Crippen LogP contribution in [0.5, 0.6) is 0 Å². The van der Waals surface area contributed by atoms with Gasteiger partial charge in [0.25, 0.3) is 0 Å². The zero-order valence-corrected chi connectivity index (χ0v) is 33.0. The maximum Gasteiger partial charge on any atom is 0.205 e. The van der Waals surface area contributed by atoms with Crippen LogP contribution in [0.2, 0.25) is 0 Å². The number of halogens is 4. The van der Waals surface area contributed by atoms with E-state index >= 15 is 0 Å². The SMILES string of the molecule is N#Cc1ccc(-c2nsc(N3CCN(CCc4ccc(F)c(F)c4)CC3)n2)cc1.N#Cc1cccc(-c2nsc(N3CCN(CCc4ccc(F)c(F)c4)CC3)n2)c1. The van der Waals surface area contributed by atoms with Crippen molar-refractivity contribution in [3.8, 4) is 34.9 Å². The minimum atomic E-state index is -0.807. The Labute approximate surface area is 342 Å². The number of hydrogen-bond donors (Lipinski definition) is 0. The average Bonchev–Trinajstić information content (AvgIpc) is 3.97. The van der Waals surface area contributed by atoms with Crippen LogP contribution in [0.15, 0.2) is 84.9 Å². The van der Waals surface area contributed by atoms with E-state index in [1.54, 1.807) is 36.4 Å². The van der Waals surface area contributed by atoms with Crippen LogP contribution >= 0.6 is 23.1 Å². The molecule has 4 heterocycles. The molecule has 0 saturated carbocycles. The quantitative estimate of drug-likeness (QED) is 0.129. The van der Waals surface area contributed by atoms with Gasteiger partial charge in [-0.25, -0.2) is 17.6 Å². The van der Waals surface area contributed by atoms with Gasteiger partial charge in [-0.05, 0) is 84.6 Å². The standard InChI is InChI=1S/2C21H19F2N5S/c22-18-6-3-15(13-19(18)23)7-8-27-9-11-28(12-10-27)21-25-20(26-29-21)17-4-1-16(14-24)2-5-17;22-18-5-4-15(13-19(18)23)6-7-27-8-10-28(11-9-27)21-25-20(26-29-21)17-3-1-2-16(12-17)14-24/h1-6,13H,7-12H2;1-5,12-13H,6-11H2. The molecule has 2 saturated heterocycles. The van der Waals surface area contributed by atoms with E-state index in [2.05, 4.69) is 50.5 Å². The predicted octanol–water partition coefficient (Wildman–Crippen LogP) is 7.44. The van der Waals surface area contributed by atoms with Gasteiger partial charge in [-0.1, -0.05) is 24.3 Å². The van der Waals surface area contributed by atoms with E-state index in [1.807, 2.05) is 24.3 Å². The van der Waals surface area contributed by atoms with Crippen molar-refractivity contribution in [2.45, 2.75) is 12.8 Å². The molecule has 4 aromatic carbocycles. The van der Waals surface area contributed by atoms with Crippen molar-refractivity contribution in [2.75, 3.05) is 75.2 Å². The van der Waals surface area contributed by atoms with Gasteiger partial charge in [-0.2, -0.15) is 29.2 Å². The Kier molecular flexibility index (Phi) is 13.3. The normalized spacial score (nSPS) is 14.7. The summed E-state index contributed by atoms with van der Waals surface area (Å²) in [5, 5.41) is 19.7. The summed E-state index contributed by atoms with van der Waals surface area (Å²) in [5.41, 5.74) is 4.56. The molecule has 2 fully saturated rings. The number of hydrogen-bond acceptors (Lipinski definition) is 12. The molecule has 58 heavy (non-hydrogen) atoms. The second kappa shape index (κ2) is 19.1. The molecule has 6 aromatic rings. The lowest BCUT2D eigenvalue weighted by Crippen LogP contribution is -2.47. The number of anilines is 2. The zero-order chi connectivity index (χ0) is 40.4. The number of nitrogens with zero attached hydrogens (tertiary/aromatic N) is 10. The van der Waals surface area contributed by atoms with Crippen molar-refractivity contribution >= 4 is 33.3 Å². The maximum absolute atomic E-state index is 13.3. The Hall–Kier alpha value is -5.78. The van der Waals surface area contributed by atoms with E-state index in [9.17, 15) is 17.6 Å². The Morgan fingerprint density at radius 3 is 1.47 bits per heavy atom. The van der Waals surface area contributed by atoms with Crippen LogP contribution < -0.4 is 9.80 Å². The van der Waals surface area contributed by atoms with Gasteiger partial charge in [0.2, 0.25) is 10.3 Å². The summed E-state index contributed by atoms with van der Waals surface area (Å²) in [6.07, 6.45) is 1.38. The van der Waals surface area contributed by atoms with Gasteiger partial charge in [-0.3, -0.25) is 9.80 Å². The van der Waals surface area contributed by atoms with E-state index < -0.39 is 23.3 Å². The Bertz CT molecular complexity index is 2390. The molecule has 0 bridgehead atoms. The van der Waals surface area contributed by atoms with Crippen LogP contribution in [0, 0.1) is 45.9 Å².